The van der Waals surface area contributed by atoms with Crippen LogP contribution in [0.4, 0.5) is 0 Å². The molecule has 0 aliphatic carbocycles. The van der Waals surface area contributed by atoms with E-state index in [2.05, 4.69) is 37.9 Å². The Kier molecular flexibility index (Phi) is 5.32. The van der Waals surface area contributed by atoms with Crippen LogP contribution in [0.25, 0.3) is 0 Å². The Morgan fingerprint density at radius 3 is 2.50 bits per heavy atom. The predicted octanol–water partition coefficient (Wildman–Crippen LogP) is 3.33. The van der Waals surface area contributed by atoms with E-state index in [1.165, 1.54) is 6.42 Å². The molecule has 1 aromatic heterocycles. The first kappa shape index (κ1) is 17.1. The highest BCUT2D eigenvalue weighted by Gasteiger charge is 2.33. The van der Waals surface area contributed by atoms with Crippen LogP contribution in [-0.4, -0.2) is 36.0 Å². The van der Waals surface area contributed by atoms with Crippen molar-refractivity contribution in [2.24, 2.45) is 11.8 Å². The number of piperidine rings is 1. The van der Waals surface area contributed by atoms with Crippen molar-refractivity contribution in [2.75, 3.05) is 19.6 Å². The second-order valence-corrected chi connectivity index (χ2v) is 7.47. The maximum absolute atomic E-state index is 12.2. The first-order chi connectivity index (χ1) is 10.3. The molecule has 124 valence electrons. The molecule has 2 unspecified atom stereocenters. The number of nitrogens with zero attached hydrogens (tertiary/aromatic N) is 1. The lowest BCUT2D eigenvalue weighted by molar-refractivity contribution is 0.0441. The summed E-state index contributed by atoms with van der Waals surface area (Å²) in [6.07, 6.45) is 2.10. The van der Waals surface area contributed by atoms with Crippen LogP contribution < -0.4 is 5.32 Å². The van der Waals surface area contributed by atoms with Crippen LogP contribution in [0.3, 0.4) is 0 Å². The zero-order valence-electron chi connectivity index (χ0n) is 14.6. The SMILES string of the molecule is CCc1ccc(C(=O)NCC(C)(C)N2CC(C)CC(C)C2)o1. The third kappa shape index (κ3) is 4.13. The molecular formula is C18H30N2O2. The number of rotatable bonds is 5. The zero-order valence-corrected chi connectivity index (χ0v) is 14.6. The lowest BCUT2D eigenvalue weighted by Crippen LogP contribution is -2.56. The van der Waals surface area contributed by atoms with E-state index >= 15 is 0 Å². The molecule has 4 heteroatoms. The zero-order chi connectivity index (χ0) is 16.3. The van der Waals surface area contributed by atoms with E-state index < -0.39 is 0 Å². The standard InChI is InChI=1S/C18H30N2O2/c1-6-15-7-8-16(22-15)17(21)19-12-18(4,5)20-10-13(2)9-14(3)11-20/h7-8,13-14H,6,9-12H2,1-5H3,(H,19,21). The normalized spacial score (nSPS) is 23.5. The minimum Gasteiger partial charge on any atom is -0.456 e. The molecular weight excluding hydrogens is 276 g/mol. The molecule has 2 atom stereocenters. The minimum atomic E-state index is -0.120. The summed E-state index contributed by atoms with van der Waals surface area (Å²) in [5.41, 5.74) is -0.0429. The number of carbonyl (C=O) groups is 1. The average Bonchev–Trinajstić information content (AvgIpc) is 2.93. The van der Waals surface area contributed by atoms with Crippen molar-refractivity contribution in [3.63, 3.8) is 0 Å². The predicted molar refractivity (Wildman–Crippen MR) is 89.0 cm³/mol. The van der Waals surface area contributed by atoms with Crippen LogP contribution in [0.5, 0.6) is 0 Å². The fraction of sp³-hybridized carbons (Fsp3) is 0.722. The summed E-state index contributed by atoms with van der Waals surface area (Å²) in [7, 11) is 0. The van der Waals surface area contributed by atoms with Gasteiger partial charge in [-0.05, 0) is 44.2 Å². The average molecular weight is 306 g/mol. The van der Waals surface area contributed by atoms with Crippen LogP contribution in [-0.2, 0) is 6.42 Å². The number of amides is 1. The van der Waals surface area contributed by atoms with Crippen molar-refractivity contribution >= 4 is 5.91 Å². The van der Waals surface area contributed by atoms with Gasteiger partial charge in [0.05, 0.1) is 0 Å². The monoisotopic (exact) mass is 306 g/mol. The van der Waals surface area contributed by atoms with Gasteiger partial charge in [0.2, 0.25) is 0 Å². The summed E-state index contributed by atoms with van der Waals surface area (Å²) in [5, 5.41) is 3.03. The van der Waals surface area contributed by atoms with Crippen LogP contribution in [0, 0.1) is 11.8 Å². The first-order valence-corrected chi connectivity index (χ1v) is 8.43. The van der Waals surface area contributed by atoms with E-state index in [0.717, 1.165) is 37.1 Å². The summed E-state index contributed by atoms with van der Waals surface area (Å²) in [6.45, 7) is 13.9. The van der Waals surface area contributed by atoms with Gasteiger partial charge in [-0.3, -0.25) is 9.69 Å². The van der Waals surface area contributed by atoms with Gasteiger partial charge in [-0.15, -0.1) is 0 Å². The molecule has 0 aromatic carbocycles. The van der Waals surface area contributed by atoms with Crippen molar-refractivity contribution in [3.8, 4) is 0 Å². The topological polar surface area (TPSA) is 45.5 Å². The van der Waals surface area contributed by atoms with Crippen molar-refractivity contribution in [3.05, 3.63) is 23.7 Å². The molecule has 1 amide bonds. The maximum Gasteiger partial charge on any atom is 0.287 e. The van der Waals surface area contributed by atoms with Crippen molar-refractivity contribution in [1.82, 2.24) is 10.2 Å². The number of furan rings is 1. The number of hydrogen-bond donors (Lipinski definition) is 1. The van der Waals surface area contributed by atoms with Gasteiger partial charge >= 0.3 is 0 Å². The molecule has 1 aliphatic heterocycles. The van der Waals surface area contributed by atoms with Gasteiger partial charge in [0.25, 0.3) is 5.91 Å². The Bertz CT molecular complexity index is 497. The minimum absolute atomic E-state index is 0.0429. The Hall–Kier alpha value is -1.29. The van der Waals surface area contributed by atoms with Gasteiger partial charge in [0.1, 0.15) is 5.76 Å². The molecule has 0 saturated carbocycles. The Labute approximate surface area is 134 Å². The van der Waals surface area contributed by atoms with Gasteiger partial charge in [-0.2, -0.15) is 0 Å². The van der Waals surface area contributed by atoms with Crippen LogP contribution >= 0.6 is 0 Å². The first-order valence-electron chi connectivity index (χ1n) is 8.43. The van der Waals surface area contributed by atoms with Gasteiger partial charge in [-0.25, -0.2) is 0 Å². The molecule has 0 spiro atoms. The van der Waals surface area contributed by atoms with Crippen molar-refractivity contribution in [1.29, 1.82) is 0 Å². The summed E-state index contributed by atoms with van der Waals surface area (Å²) in [4.78, 5) is 14.7. The summed E-state index contributed by atoms with van der Waals surface area (Å²) in [6, 6.07) is 3.63. The fourth-order valence-electron chi connectivity index (χ4n) is 3.34. The van der Waals surface area contributed by atoms with Gasteiger partial charge in [-0.1, -0.05) is 20.8 Å². The smallest absolute Gasteiger partial charge is 0.287 e. The van der Waals surface area contributed by atoms with Crippen LogP contribution in [0.1, 0.15) is 57.4 Å². The number of hydrogen-bond acceptors (Lipinski definition) is 3. The molecule has 1 saturated heterocycles. The van der Waals surface area contributed by atoms with Crippen molar-refractivity contribution in [2.45, 2.75) is 53.0 Å². The van der Waals surface area contributed by atoms with Crippen molar-refractivity contribution < 1.29 is 9.21 Å². The third-order valence-electron chi connectivity index (χ3n) is 4.64. The number of aryl methyl sites for hydroxylation is 1. The molecule has 4 nitrogen and oxygen atoms in total. The second-order valence-electron chi connectivity index (χ2n) is 7.47. The van der Waals surface area contributed by atoms with Crippen LogP contribution in [0.15, 0.2) is 16.5 Å². The van der Waals surface area contributed by atoms with E-state index in [1.54, 1.807) is 6.07 Å². The number of nitrogens with one attached hydrogen (secondary N) is 1. The molecule has 1 N–H and O–H groups in total. The lowest BCUT2D eigenvalue weighted by atomic mass is 9.88. The Morgan fingerprint density at radius 1 is 1.32 bits per heavy atom. The summed E-state index contributed by atoms with van der Waals surface area (Å²) < 4.78 is 5.51. The highest BCUT2D eigenvalue weighted by molar-refractivity contribution is 5.91. The lowest BCUT2D eigenvalue weighted by Gasteiger charge is -2.45. The fourth-order valence-corrected chi connectivity index (χ4v) is 3.34. The molecule has 1 aliphatic rings. The Balaban J connectivity index is 1.92. The molecule has 1 aromatic rings. The molecule has 0 bridgehead atoms. The third-order valence-corrected chi connectivity index (χ3v) is 4.64. The van der Waals surface area contributed by atoms with E-state index in [9.17, 15) is 4.79 Å². The Morgan fingerprint density at radius 2 is 1.95 bits per heavy atom. The van der Waals surface area contributed by atoms with E-state index in [0.29, 0.717) is 12.3 Å². The molecule has 2 heterocycles. The van der Waals surface area contributed by atoms with Gasteiger partial charge in [0, 0.05) is 31.6 Å². The molecule has 22 heavy (non-hydrogen) atoms. The van der Waals surface area contributed by atoms with Gasteiger partial charge < -0.3 is 9.73 Å². The second kappa shape index (κ2) is 6.86. The summed E-state index contributed by atoms with van der Waals surface area (Å²) in [5.74, 6) is 2.58. The highest BCUT2D eigenvalue weighted by atomic mass is 16.3. The number of carbonyl (C=O) groups excluding carboxylic acids is 1. The highest BCUT2D eigenvalue weighted by Crippen LogP contribution is 2.26. The molecule has 2 rings (SSSR count). The van der Waals surface area contributed by atoms with E-state index in [-0.39, 0.29) is 11.4 Å². The van der Waals surface area contributed by atoms with Crippen LogP contribution in [0.2, 0.25) is 0 Å². The largest absolute Gasteiger partial charge is 0.456 e. The van der Waals surface area contributed by atoms with E-state index in [4.69, 9.17) is 4.42 Å². The van der Waals surface area contributed by atoms with E-state index in [1.807, 2.05) is 13.0 Å². The van der Waals surface area contributed by atoms with Gasteiger partial charge in [0.15, 0.2) is 5.76 Å². The number of likely N-dealkylation sites (tertiary alicyclic amines) is 1. The quantitative estimate of drug-likeness (QED) is 0.907. The molecule has 0 radical (unpaired) electrons. The maximum atomic E-state index is 12.2. The summed E-state index contributed by atoms with van der Waals surface area (Å²) >= 11 is 0. The molecule has 1 fully saturated rings.